The SMILES string of the molecule is CCNCc1cccc(C)c1OC1CCOC1=O. The number of aryl methyl sites for hydroxylation is 1. The van der Waals surface area contributed by atoms with Crippen molar-refractivity contribution in [3.8, 4) is 5.75 Å². The van der Waals surface area contributed by atoms with Gasteiger partial charge in [0.05, 0.1) is 6.61 Å². The summed E-state index contributed by atoms with van der Waals surface area (Å²) < 4.78 is 10.8. The number of benzene rings is 1. The Morgan fingerprint density at radius 1 is 1.50 bits per heavy atom. The van der Waals surface area contributed by atoms with Gasteiger partial charge in [0.1, 0.15) is 5.75 Å². The summed E-state index contributed by atoms with van der Waals surface area (Å²) in [5.74, 6) is 0.551. The van der Waals surface area contributed by atoms with Crippen molar-refractivity contribution in [2.45, 2.75) is 32.9 Å². The second-order valence-corrected chi connectivity index (χ2v) is 4.41. The number of hydrogen-bond donors (Lipinski definition) is 1. The molecule has 0 amide bonds. The molecule has 4 nitrogen and oxygen atoms in total. The van der Waals surface area contributed by atoms with E-state index in [0.29, 0.717) is 13.0 Å². The van der Waals surface area contributed by atoms with Crippen molar-refractivity contribution in [2.75, 3.05) is 13.2 Å². The molecule has 0 bridgehead atoms. The summed E-state index contributed by atoms with van der Waals surface area (Å²) in [5.41, 5.74) is 2.13. The second kappa shape index (κ2) is 5.87. The average Bonchev–Trinajstić information content (AvgIpc) is 2.76. The molecule has 0 spiro atoms. The van der Waals surface area contributed by atoms with Crippen molar-refractivity contribution in [3.63, 3.8) is 0 Å². The van der Waals surface area contributed by atoms with Crippen LogP contribution in [0.5, 0.6) is 5.75 Å². The fourth-order valence-electron chi connectivity index (χ4n) is 2.01. The van der Waals surface area contributed by atoms with Crippen LogP contribution in [0, 0.1) is 6.92 Å². The van der Waals surface area contributed by atoms with Crippen LogP contribution in [0.4, 0.5) is 0 Å². The van der Waals surface area contributed by atoms with Gasteiger partial charge in [-0.2, -0.15) is 0 Å². The minimum absolute atomic E-state index is 0.257. The first-order valence-electron chi connectivity index (χ1n) is 6.35. The van der Waals surface area contributed by atoms with Crippen LogP contribution in [0.2, 0.25) is 0 Å². The molecule has 1 aromatic carbocycles. The van der Waals surface area contributed by atoms with Crippen molar-refractivity contribution < 1.29 is 14.3 Å². The standard InChI is InChI=1S/C14H19NO3/c1-3-15-9-11-6-4-5-10(2)13(11)18-12-7-8-17-14(12)16/h4-6,12,15H,3,7-9H2,1-2H3. The Bertz CT molecular complexity index is 431. The Morgan fingerprint density at radius 3 is 3.00 bits per heavy atom. The van der Waals surface area contributed by atoms with Gasteiger partial charge in [-0.15, -0.1) is 0 Å². The molecule has 1 atom stereocenters. The molecule has 0 aliphatic carbocycles. The highest BCUT2D eigenvalue weighted by Gasteiger charge is 2.29. The summed E-state index contributed by atoms with van der Waals surface area (Å²) in [7, 11) is 0. The first-order chi connectivity index (χ1) is 8.72. The van der Waals surface area contributed by atoms with E-state index in [1.807, 2.05) is 25.1 Å². The summed E-state index contributed by atoms with van der Waals surface area (Å²) in [5, 5.41) is 3.27. The van der Waals surface area contributed by atoms with Gasteiger partial charge in [0, 0.05) is 18.5 Å². The molecule has 0 saturated carbocycles. The molecule has 2 rings (SSSR count). The van der Waals surface area contributed by atoms with Gasteiger partial charge in [-0.25, -0.2) is 4.79 Å². The van der Waals surface area contributed by atoms with Crippen molar-refractivity contribution in [2.24, 2.45) is 0 Å². The Labute approximate surface area is 107 Å². The van der Waals surface area contributed by atoms with E-state index in [9.17, 15) is 4.79 Å². The lowest BCUT2D eigenvalue weighted by atomic mass is 10.1. The molecule has 1 saturated heterocycles. The van der Waals surface area contributed by atoms with E-state index in [1.54, 1.807) is 0 Å². The van der Waals surface area contributed by atoms with Crippen molar-refractivity contribution >= 4 is 5.97 Å². The summed E-state index contributed by atoms with van der Waals surface area (Å²) in [6.07, 6.45) is 0.180. The number of nitrogens with one attached hydrogen (secondary N) is 1. The fourth-order valence-corrected chi connectivity index (χ4v) is 2.01. The molecule has 4 heteroatoms. The number of cyclic esters (lactones) is 1. The van der Waals surface area contributed by atoms with Crippen molar-refractivity contribution in [1.29, 1.82) is 0 Å². The number of carbonyl (C=O) groups excluding carboxylic acids is 1. The van der Waals surface area contributed by atoms with Gasteiger partial charge in [-0.05, 0) is 19.0 Å². The molecule has 1 unspecified atom stereocenters. The van der Waals surface area contributed by atoms with E-state index < -0.39 is 6.10 Å². The maximum absolute atomic E-state index is 11.5. The van der Waals surface area contributed by atoms with Crippen LogP contribution < -0.4 is 10.1 Å². The molecule has 0 radical (unpaired) electrons. The monoisotopic (exact) mass is 249 g/mol. The molecule has 98 valence electrons. The van der Waals surface area contributed by atoms with Crippen LogP contribution in [-0.4, -0.2) is 25.2 Å². The zero-order valence-electron chi connectivity index (χ0n) is 10.9. The minimum Gasteiger partial charge on any atom is -0.478 e. The average molecular weight is 249 g/mol. The fraction of sp³-hybridized carbons (Fsp3) is 0.500. The Hall–Kier alpha value is -1.55. The summed E-state index contributed by atoms with van der Waals surface area (Å²) in [6, 6.07) is 6.01. The number of carbonyl (C=O) groups is 1. The third-order valence-electron chi connectivity index (χ3n) is 3.01. The van der Waals surface area contributed by atoms with Gasteiger partial charge >= 0.3 is 5.97 Å². The maximum Gasteiger partial charge on any atom is 0.347 e. The van der Waals surface area contributed by atoms with Crippen LogP contribution in [0.25, 0.3) is 0 Å². The lowest BCUT2D eigenvalue weighted by Gasteiger charge is -2.16. The topological polar surface area (TPSA) is 47.6 Å². The number of ether oxygens (including phenoxy) is 2. The van der Waals surface area contributed by atoms with Gasteiger partial charge in [0.2, 0.25) is 0 Å². The zero-order chi connectivity index (χ0) is 13.0. The molecule has 0 aromatic heterocycles. The number of rotatable bonds is 5. The van der Waals surface area contributed by atoms with Crippen molar-refractivity contribution in [3.05, 3.63) is 29.3 Å². The molecule has 1 heterocycles. The van der Waals surface area contributed by atoms with Crippen LogP contribution in [0.3, 0.4) is 0 Å². The van der Waals surface area contributed by atoms with Gasteiger partial charge in [0.25, 0.3) is 0 Å². The predicted octanol–water partition coefficient (Wildman–Crippen LogP) is 1.80. The molecule has 1 aromatic rings. The lowest BCUT2D eigenvalue weighted by Crippen LogP contribution is -2.23. The third-order valence-corrected chi connectivity index (χ3v) is 3.01. The van der Waals surface area contributed by atoms with Crippen LogP contribution in [0.15, 0.2) is 18.2 Å². The molecule has 1 N–H and O–H groups in total. The number of hydrogen-bond acceptors (Lipinski definition) is 4. The van der Waals surface area contributed by atoms with Crippen LogP contribution in [0.1, 0.15) is 24.5 Å². The normalized spacial score (nSPS) is 18.8. The Kier molecular flexibility index (Phi) is 4.20. The summed E-state index contributed by atoms with van der Waals surface area (Å²) in [4.78, 5) is 11.5. The molecule has 1 aliphatic rings. The van der Waals surface area contributed by atoms with Crippen LogP contribution in [-0.2, 0) is 16.1 Å². The predicted molar refractivity (Wildman–Crippen MR) is 68.6 cm³/mol. The highest BCUT2D eigenvalue weighted by atomic mass is 16.6. The van der Waals surface area contributed by atoms with E-state index in [-0.39, 0.29) is 5.97 Å². The highest BCUT2D eigenvalue weighted by molar-refractivity contribution is 5.77. The maximum atomic E-state index is 11.5. The first-order valence-corrected chi connectivity index (χ1v) is 6.35. The number of para-hydroxylation sites is 1. The van der Waals surface area contributed by atoms with Crippen LogP contribution >= 0.6 is 0 Å². The Balaban J connectivity index is 2.16. The van der Waals surface area contributed by atoms with E-state index >= 15 is 0 Å². The molecule has 18 heavy (non-hydrogen) atoms. The quantitative estimate of drug-likeness (QED) is 0.808. The number of esters is 1. The molecular weight excluding hydrogens is 230 g/mol. The first kappa shape index (κ1) is 12.9. The van der Waals surface area contributed by atoms with E-state index in [4.69, 9.17) is 9.47 Å². The van der Waals surface area contributed by atoms with Gasteiger partial charge in [-0.1, -0.05) is 25.1 Å². The molecular formula is C14H19NO3. The third kappa shape index (κ3) is 2.82. The van der Waals surface area contributed by atoms with E-state index in [0.717, 1.165) is 30.0 Å². The summed E-state index contributed by atoms with van der Waals surface area (Å²) >= 11 is 0. The highest BCUT2D eigenvalue weighted by Crippen LogP contribution is 2.26. The summed E-state index contributed by atoms with van der Waals surface area (Å²) in [6.45, 7) is 6.15. The van der Waals surface area contributed by atoms with Gasteiger partial charge < -0.3 is 14.8 Å². The van der Waals surface area contributed by atoms with Gasteiger partial charge in [0.15, 0.2) is 6.10 Å². The molecule has 1 aliphatic heterocycles. The smallest absolute Gasteiger partial charge is 0.347 e. The van der Waals surface area contributed by atoms with Gasteiger partial charge in [-0.3, -0.25) is 0 Å². The largest absolute Gasteiger partial charge is 0.478 e. The van der Waals surface area contributed by atoms with E-state index in [2.05, 4.69) is 12.2 Å². The minimum atomic E-state index is -0.452. The zero-order valence-corrected chi connectivity index (χ0v) is 10.9. The van der Waals surface area contributed by atoms with E-state index in [1.165, 1.54) is 0 Å². The van der Waals surface area contributed by atoms with Crippen molar-refractivity contribution in [1.82, 2.24) is 5.32 Å². The Morgan fingerprint density at radius 2 is 2.33 bits per heavy atom. The second-order valence-electron chi connectivity index (χ2n) is 4.41. The molecule has 1 fully saturated rings. The lowest BCUT2D eigenvalue weighted by molar-refractivity contribution is -0.143.